The van der Waals surface area contributed by atoms with Crippen molar-refractivity contribution in [2.24, 2.45) is 0 Å². The summed E-state index contributed by atoms with van der Waals surface area (Å²) in [6, 6.07) is 5.56. The molecule has 2 heterocycles. The third-order valence-electron chi connectivity index (χ3n) is 4.93. The zero-order chi connectivity index (χ0) is 21.3. The number of halogens is 3. The molecule has 0 aliphatic rings. The van der Waals surface area contributed by atoms with E-state index in [1.54, 1.807) is 20.0 Å². The van der Waals surface area contributed by atoms with Crippen molar-refractivity contribution < 1.29 is 13.2 Å². The Labute approximate surface area is 168 Å². The summed E-state index contributed by atoms with van der Waals surface area (Å²) in [7, 11) is 1.94. The maximum absolute atomic E-state index is 14.6. The van der Waals surface area contributed by atoms with E-state index in [0.717, 1.165) is 17.3 Å². The van der Waals surface area contributed by atoms with Crippen molar-refractivity contribution in [1.29, 1.82) is 0 Å². The van der Waals surface area contributed by atoms with Crippen LogP contribution >= 0.6 is 0 Å². The Morgan fingerprint density at radius 2 is 1.76 bits per heavy atom. The topological polar surface area (TPSA) is 53.9 Å². The smallest absolute Gasteiger partial charge is 0.266 e. The minimum absolute atomic E-state index is 0.154. The lowest BCUT2D eigenvalue weighted by molar-refractivity contribution is 0.146. The summed E-state index contributed by atoms with van der Waals surface area (Å²) in [4.78, 5) is 15.3. The van der Waals surface area contributed by atoms with E-state index >= 15 is 0 Å². The molecule has 29 heavy (non-hydrogen) atoms. The van der Waals surface area contributed by atoms with Crippen molar-refractivity contribution in [2.75, 3.05) is 17.3 Å². The third-order valence-corrected chi connectivity index (χ3v) is 4.93. The highest BCUT2D eigenvalue weighted by atomic mass is 19.3. The Kier molecular flexibility index (Phi) is 5.91. The molecule has 0 aliphatic carbocycles. The first-order chi connectivity index (χ1) is 13.7. The van der Waals surface area contributed by atoms with Crippen molar-refractivity contribution >= 4 is 22.5 Å². The van der Waals surface area contributed by atoms with Gasteiger partial charge in [-0.1, -0.05) is 18.2 Å². The summed E-state index contributed by atoms with van der Waals surface area (Å²) in [5.74, 6) is 0.879. The summed E-state index contributed by atoms with van der Waals surface area (Å²) in [6.45, 7) is 7.57. The van der Waals surface area contributed by atoms with Gasteiger partial charge >= 0.3 is 0 Å². The zero-order valence-electron chi connectivity index (χ0n) is 17.0. The molecule has 0 radical (unpaired) electrons. The summed E-state index contributed by atoms with van der Waals surface area (Å²) < 4.78 is 40.7. The van der Waals surface area contributed by atoms with Gasteiger partial charge in [-0.2, -0.15) is 0 Å². The van der Waals surface area contributed by atoms with Crippen LogP contribution in [-0.4, -0.2) is 28.0 Å². The van der Waals surface area contributed by atoms with E-state index in [0.29, 0.717) is 17.2 Å². The number of rotatable bonds is 6. The molecule has 0 bridgehead atoms. The Balaban J connectivity index is 2.03. The first kappa shape index (κ1) is 20.8. The number of aryl methyl sites for hydroxylation is 1. The van der Waals surface area contributed by atoms with Crippen molar-refractivity contribution in [3.05, 3.63) is 53.2 Å². The first-order valence-electron chi connectivity index (χ1n) is 9.39. The number of alkyl halides is 2. The van der Waals surface area contributed by atoms with Crippen molar-refractivity contribution in [3.63, 3.8) is 0 Å². The van der Waals surface area contributed by atoms with Crippen LogP contribution in [0.4, 0.5) is 24.8 Å². The SMILES string of the molecule is Cc1nc(N[C@H](C)c2cccc(C(F)F)c2F)c2cc(N(C)C(C)C)ncc2n1. The summed E-state index contributed by atoms with van der Waals surface area (Å²) in [5, 5.41) is 3.89. The van der Waals surface area contributed by atoms with Crippen LogP contribution in [0.5, 0.6) is 0 Å². The number of anilines is 2. The molecule has 1 aromatic carbocycles. The summed E-state index contributed by atoms with van der Waals surface area (Å²) in [5.41, 5.74) is 0.195. The number of hydrogen-bond acceptors (Lipinski definition) is 5. The molecular weight excluding hydrogens is 379 g/mol. The van der Waals surface area contributed by atoms with Gasteiger partial charge in [0.25, 0.3) is 6.43 Å². The van der Waals surface area contributed by atoms with Crippen LogP contribution < -0.4 is 10.2 Å². The molecule has 0 spiro atoms. The van der Waals surface area contributed by atoms with Crippen LogP contribution in [0, 0.1) is 12.7 Å². The standard InChI is InChI=1S/C21H24F3N5/c1-11(2)29(5)18-9-16-17(10-25-18)27-13(4)28-21(16)26-12(3)14-7-6-8-15(19(14)22)20(23)24/h6-12,20H,1-5H3,(H,26,27,28)/t12-/m1/s1. The lowest BCUT2D eigenvalue weighted by Crippen LogP contribution is -2.26. The van der Waals surface area contributed by atoms with E-state index < -0.39 is 23.8 Å². The minimum atomic E-state index is -2.87. The average Bonchev–Trinajstić information content (AvgIpc) is 2.66. The van der Waals surface area contributed by atoms with E-state index in [4.69, 9.17) is 0 Å². The lowest BCUT2D eigenvalue weighted by atomic mass is 10.0. The average molecular weight is 403 g/mol. The molecule has 0 aliphatic heterocycles. The number of fused-ring (bicyclic) bond motifs is 1. The predicted molar refractivity (Wildman–Crippen MR) is 109 cm³/mol. The van der Waals surface area contributed by atoms with Gasteiger partial charge in [-0.25, -0.2) is 28.1 Å². The van der Waals surface area contributed by atoms with Gasteiger partial charge in [-0.15, -0.1) is 0 Å². The Hall–Kier alpha value is -2.90. The van der Waals surface area contributed by atoms with E-state index in [-0.39, 0.29) is 11.6 Å². The van der Waals surface area contributed by atoms with Crippen molar-refractivity contribution in [1.82, 2.24) is 15.0 Å². The number of pyridine rings is 1. The quantitative estimate of drug-likeness (QED) is 0.595. The number of nitrogens with one attached hydrogen (secondary N) is 1. The number of nitrogens with zero attached hydrogens (tertiary/aromatic N) is 4. The molecule has 3 aromatic rings. The van der Waals surface area contributed by atoms with Gasteiger partial charge in [0, 0.05) is 24.0 Å². The van der Waals surface area contributed by atoms with Crippen LogP contribution in [0.1, 0.15) is 50.2 Å². The number of benzene rings is 1. The monoisotopic (exact) mass is 403 g/mol. The summed E-state index contributed by atoms with van der Waals surface area (Å²) in [6.07, 6.45) is -1.20. The Morgan fingerprint density at radius 1 is 1.07 bits per heavy atom. The molecule has 3 rings (SSSR count). The fraction of sp³-hybridized carbons (Fsp3) is 0.381. The maximum atomic E-state index is 14.6. The van der Waals surface area contributed by atoms with Crippen LogP contribution in [0.15, 0.2) is 30.5 Å². The summed E-state index contributed by atoms with van der Waals surface area (Å²) >= 11 is 0. The van der Waals surface area contributed by atoms with Gasteiger partial charge in [0.05, 0.1) is 23.3 Å². The lowest BCUT2D eigenvalue weighted by Gasteiger charge is -2.23. The largest absolute Gasteiger partial charge is 0.363 e. The van der Waals surface area contributed by atoms with Gasteiger partial charge in [-0.05, 0) is 33.8 Å². The number of aromatic nitrogens is 3. The fourth-order valence-corrected chi connectivity index (χ4v) is 3.06. The second-order valence-corrected chi connectivity index (χ2v) is 7.30. The molecule has 1 N–H and O–H groups in total. The third kappa shape index (κ3) is 4.26. The molecule has 1 atom stereocenters. The molecule has 8 heteroatoms. The van der Waals surface area contributed by atoms with E-state index in [9.17, 15) is 13.2 Å². The second-order valence-electron chi connectivity index (χ2n) is 7.30. The highest BCUT2D eigenvalue weighted by molar-refractivity contribution is 5.90. The normalized spacial score (nSPS) is 12.6. The second kappa shape index (κ2) is 8.23. The van der Waals surface area contributed by atoms with Gasteiger partial charge in [0.15, 0.2) is 0 Å². The van der Waals surface area contributed by atoms with Crippen molar-refractivity contribution in [2.45, 2.75) is 46.2 Å². The molecule has 5 nitrogen and oxygen atoms in total. The van der Waals surface area contributed by atoms with Gasteiger partial charge in [0.1, 0.15) is 23.3 Å². The van der Waals surface area contributed by atoms with Crippen LogP contribution in [-0.2, 0) is 0 Å². The van der Waals surface area contributed by atoms with Gasteiger partial charge < -0.3 is 10.2 Å². The van der Waals surface area contributed by atoms with E-state index in [1.807, 2.05) is 18.0 Å². The van der Waals surface area contributed by atoms with Gasteiger partial charge in [0.2, 0.25) is 0 Å². The van der Waals surface area contributed by atoms with Crippen LogP contribution in [0.2, 0.25) is 0 Å². The molecule has 0 saturated heterocycles. The van der Waals surface area contributed by atoms with E-state index in [2.05, 4.69) is 34.1 Å². The zero-order valence-corrected chi connectivity index (χ0v) is 17.0. The van der Waals surface area contributed by atoms with Crippen LogP contribution in [0.25, 0.3) is 10.9 Å². The molecule has 154 valence electrons. The predicted octanol–water partition coefficient (Wildman–Crippen LogP) is 5.43. The highest BCUT2D eigenvalue weighted by Crippen LogP contribution is 2.31. The molecular formula is C21H24F3N5. The van der Waals surface area contributed by atoms with Crippen LogP contribution in [0.3, 0.4) is 0 Å². The molecule has 0 fully saturated rings. The minimum Gasteiger partial charge on any atom is -0.363 e. The Bertz CT molecular complexity index is 1020. The highest BCUT2D eigenvalue weighted by Gasteiger charge is 2.20. The number of hydrogen-bond donors (Lipinski definition) is 1. The fourth-order valence-electron chi connectivity index (χ4n) is 3.06. The van der Waals surface area contributed by atoms with E-state index in [1.165, 1.54) is 12.1 Å². The molecule has 0 unspecified atom stereocenters. The molecule has 2 aromatic heterocycles. The first-order valence-corrected chi connectivity index (χ1v) is 9.39. The molecule has 0 amide bonds. The maximum Gasteiger partial charge on any atom is 0.266 e. The Morgan fingerprint density at radius 3 is 2.41 bits per heavy atom. The molecule has 0 saturated carbocycles. The van der Waals surface area contributed by atoms with Gasteiger partial charge in [-0.3, -0.25) is 0 Å². The van der Waals surface area contributed by atoms with Crippen molar-refractivity contribution in [3.8, 4) is 0 Å².